The van der Waals surface area contributed by atoms with Gasteiger partial charge in [0.15, 0.2) is 17.6 Å². The molecule has 1 fully saturated rings. The average Bonchev–Trinajstić information content (AvgIpc) is 2.68. The van der Waals surface area contributed by atoms with Crippen LogP contribution in [-0.2, 0) is 11.3 Å². The Morgan fingerprint density at radius 2 is 1.85 bits per heavy atom. The Balaban J connectivity index is 1.43. The van der Waals surface area contributed by atoms with E-state index < -0.39 is 0 Å². The van der Waals surface area contributed by atoms with E-state index in [-0.39, 0.29) is 18.1 Å². The number of hydrogen-bond donors (Lipinski definition) is 1. The van der Waals surface area contributed by atoms with E-state index in [1.807, 2.05) is 24.3 Å². The third-order valence-corrected chi connectivity index (χ3v) is 5.19. The Labute approximate surface area is 153 Å². The fraction of sp³-hybridized carbons (Fsp3) is 0.381. The van der Waals surface area contributed by atoms with Crippen LogP contribution in [0, 0.1) is 0 Å². The molecule has 2 N–H and O–H groups in total. The van der Waals surface area contributed by atoms with E-state index in [1.54, 1.807) is 0 Å². The second-order valence-electron chi connectivity index (χ2n) is 6.99. The highest BCUT2D eigenvalue weighted by Crippen LogP contribution is 2.35. The molecule has 1 amide bonds. The molecule has 5 heteroatoms. The van der Waals surface area contributed by atoms with Crippen LogP contribution in [0.25, 0.3) is 0 Å². The van der Waals surface area contributed by atoms with Gasteiger partial charge in [0.25, 0.3) is 0 Å². The summed E-state index contributed by atoms with van der Waals surface area (Å²) in [5, 5.41) is 0. The van der Waals surface area contributed by atoms with Crippen molar-refractivity contribution in [2.24, 2.45) is 5.73 Å². The van der Waals surface area contributed by atoms with E-state index in [0.717, 1.165) is 49.4 Å². The minimum Gasteiger partial charge on any atom is -0.485 e. The molecule has 2 heterocycles. The summed E-state index contributed by atoms with van der Waals surface area (Å²) in [6.07, 6.45) is 2.95. The van der Waals surface area contributed by atoms with E-state index in [0.29, 0.717) is 6.61 Å². The van der Waals surface area contributed by atoms with Gasteiger partial charge >= 0.3 is 0 Å². The Morgan fingerprint density at radius 3 is 2.62 bits per heavy atom. The molecule has 5 nitrogen and oxygen atoms in total. The summed E-state index contributed by atoms with van der Waals surface area (Å²) < 4.78 is 11.9. The molecule has 2 aliphatic rings. The largest absolute Gasteiger partial charge is 0.485 e. The summed E-state index contributed by atoms with van der Waals surface area (Å²) in [7, 11) is 0. The number of nitrogens with two attached hydrogens (primary N) is 1. The van der Waals surface area contributed by atoms with Crippen LogP contribution < -0.4 is 15.2 Å². The first kappa shape index (κ1) is 16.9. The van der Waals surface area contributed by atoms with Gasteiger partial charge in [0.05, 0.1) is 6.04 Å². The second-order valence-corrected chi connectivity index (χ2v) is 6.99. The van der Waals surface area contributed by atoms with Crippen LogP contribution in [0.5, 0.6) is 11.5 Å². The molecule has 4 rings (SSSR count). The van der Waals surface area contributed by atoms with Crippen molar-refractivity contribution in [2.75, 3.05) is 13.2 Å². The number of fused-ring (bicyclic) bond motifs is 1. The fourth-order valence-electron chi connectivity index (χ4n) is 3.76. The molecule has 0 aromatic heterocycles. The van der Waals surface area contributed by atoms with Crippen LogP contribution in [0.2, 0.25) is 0 Å². The number of carbonyl (C=O) groups excluding carboxylic acids is 1. The number of ether oxygens (including phenoxy) is 2. The van der Waals surface area contributed by atoms with Gasteiger partial charge in [0.2, 0.25) is 5.91 Å². The number of benzene rings is 2. The van der Waals surface area contributed by atoms with Crippen LogP contribution in [-0.4, -0.2) is 30.0 Å². The van der Waals surface area contributed by atoms with Gasteiger partial charge in [-0.25, -0.2) is 0 Å². The van der Waals surface area contributed by atoms with Crippen LogP contribution in [0.4, 0.5) is 0 Å². The molecule has 0 spiro atoms. The number of carbonyl (C=O) groups is 1. The molecule has 2 atom stereocenters. The van der Waals surface area contributed by atoms with Gasteiger partial charge in [0, 0.05) is 6.54 Å². The van der Waals surface area contributed by atoms with Gasteiger partial charge in [-0.2, -0.15) is 0 Å². The van der Waals surface area contributed by atoms with Crippen molar-refractivity contribution in [3.05, 3.63) is 59.7 Å². The molecule has 0 aliphatic carbocycles. The molecule has 136 valence electrons. The zero-order valence-corrected chi connectivity index (χ0v) is 14.8. The first-order chi connectivity index (χ1) is 12.7. The lowest BCUT2D eigenvalue weighted by molar-refractivity contribution is -0.124. The number of hydrogen-bond acceptors (Lipinski definition) is 4. The van der Waals surface area contributed by atoms with Crippen molar-refractivity contribution >= 4 is 5.91 Å². The second kappa shape index (κ2) is 7.38. The molecular formula is C21H24N2O3. The number of likely N-dealkylation sites (tertiary alicyclic amines) is 1. The van der Waals surface area contributed by atoms with Crippen molar-refractivity contribution in [3.8, 4) is 11.5 Å². The molecule has 1 unspecified atom stereocenters. The Hall–Kier alpha value is -2.53. The number of nitrogens with zero attached hydrogens (tertiary/aromatic N) is 1. The van der Waals surface area contributed by atoms with Crippen LogP contribution in [0.1, 0.15) is 36.5 Å². The number of primary amides is 1. The third kappa shape index (κ3) is 3.53. The molecule has 0 saturated carbocycles. The van der Waals surface area contributed by atoms with Crippen molar-refractivity contribution in [1.29, 1.82) is 0 Å². The maximum Gasteiger partial charge on any atom is 0.234 e. The summed E-state index contributed by atoms with van der Waals surface area (Å²) >= 11 is 0. The molecule has 2 aromatic rings. The summed E-state index contributed by atoms with van der Waals surface area (Å²) in [5.74, 6) is 1.36. The monoisotopic (exact) mass is 352 g/mol. The minimum atomic E-state index is -0.215. The standard InChI is InChI=1S/C21H24N2O3/c22-21(24)17-5-3-4-12-23(17)13-15-8-10-16(11-9-15)20-14-25-18-6-1-2-7-19(18)26-20/h1-2,6-11,17,20H,3-5,12-14H2,(H2,22,24)/t17?,20-/m1/s1. The SMILES string of the molecule is NC(=O)C1CCCCN1Cc1ccc([C@H]2COc3ccccc3O2)cc1. The molecule has 2 aliphatic heterocycles. The fourth-order valence-corrected chi connectivity index (χ4v) is 3.76. The van der Waals surface area contributed by atoms with Crippen LogP contribution in [0.15, 0.2) is 48.5 Å². The maximum atomic E-state index is 11.7. The summed E-state index contributed by atoms with van der Waals surface area (Å²) in [4.78, 5) is 13.9. The van der Waals surface area contributed by atoms with Gasteiger partial charge in [-0.1, -0.05) is 42.8 Å². The summed E-state index contributed by atoms with van der Waals surface area (Å²) in [6.45, 7) is 2.18. The number of para-hydroxylation sites is 2. The minimum absolute atomic E-state index is 0.104. The number of rotatable bonds is 4. The maximum absolute atomic E-state index is 11.7. The van der Waals surface area contributed by atoms with Gasteiger partial charge in [0.1, 0.15) is 6.61 Å². The van der Waals surface area contributed by atoms with Crippen LogP contribution >= 0.6 is 0 Å². The van der Waals surface area contributed by atoms with Gasteiger partial charge < -0.3 is 15.2 Å². The lowest BCUT2D eigenvalue weighted by Crippen LogP contribution is -2.47. The smallest absolute Gasteiger partial charge is 0.234 e. The van der Waals surface area contributed by atoms with Gasteiger partial charge in [-0.3, -0.25) is 9.69 Å². The zero-order chi connectivity index (χ0) is 17.9. The first-order valence-corrected chi connectivity index (χ1v) is 9.21. The number of amides is 1. The topological polar surface area (TPSA) is 64.8 Å². The molecule has 0 radical (unpaired) electrons. The molecule has 0 bridgehead atoms. The lowest BCUT2D eigenvalue weighted by Gasteiger charge is -2.33. The highest BCUT2D eigenvalue weighted by atomic mass is 16.6. The summed E-state index contributed by atoms with van der Waals surface area (Å²) in [5.41, 5.74) is 7.83. The predicted octanol–water partition coefficient (Wildman–Crippen LogP) is 3.04. The van der Waals surface area contributed by atoms with E-state index in [1.165, 1.54) is 5.56 Å². The van der Waals surface area contributed by atoms with E-state index >= 15 is 0 Å². The van der Waals surface area contributed by atoms with Crippen molar-refractivity contribution in [2.45, 2.75) is 38.0 Å². The predicted molar refractivity (Wildman–Crippen MR) is 99.0 cm³/mol. The van der Waals surface area contributed by atoms with Gasteiger partial charge in [-0.15, -0.1) is 0 Å². The Kier molecular flexibility index (Phi) is 4.80. The van der Waals surface area contributed by atoms with Gasteiger partial charge in [-0.05, 0) is 42.6 Å². The van der Waals surface area contributed by atoms with E-state index in [2.05, 4.69) is 29.2 Å². The summed E-state index contributed by atoms with van der Waals surface area (Å²) in [6, 6.07) is 16.0. The Bertz CT molecular complexity index is 775. The average molecular weight is 352 g/mol. The van der Waals surface area contributed by atoms with Crippen LogP contribution in [0.3, 0.4) is 0 Å². The van der Waals surface area contributed by atoms with Crippen molar-refractivity contribution in [1.82, 2.24) is 4.90 Å². The highest BCUT2D eigenvalue weighted by Gasteiger charge is 2.27. The first-order valence-electron chi connectivity index (χ1n) is 9.21. The van der Waals surface area contributed by atoms with E-state index in [9.17, 15) is 4.79 Å². The molecular weight excluding hydrogens is 328 g/mol. The molecule has 2 aromatic carbocycles. The quantitative estimate of drug-likeness (QED) is 0.919. The normalized spacial score (nSPS) is 22.8. The number of piperidine rings is 1. The third-order valence-electron chi connectivity index (χ3n) is 5.19. The molecule has 1 saturated heterocycles. The van der Waals surface area contributed by atoms with Crippen molar-refractivity contribution < 1.29 is 14.3 Å². The molecule has 26 heavy (non-hydrogen) atoms. The zero-order valence-electron chi connectivity index (χ0n) is 14.8. The highest BCUT2D eigenvalue weighted by molar-refractivity contribution is 5.79. The van der Waals surface area contributed by atoms with Crippen molar-refractivity contribution in [3.63, 3.8) is 0 Å². The Morgan fingerprint density at radius 1 is 1.08 bits per heavy atom. The van der Waals surface area contributed by atoms with E-state index in [4.69, 9.17) is 15.2 Å². The lowest BCUT2D eigenvalue weighted by atomic mass is 10.00.